The second kappa shape index (κ2) is 15.9. The van der Waals surface area contributed by atoms with Gasteiger partial charge in [0.15, 0.2) is 0 Å². The lowest BCUT2D eigenvalue weighted by Gasteiger charge is -2.48. The number of aromatic nitrogens is 2. The molecule has 322 valence electrons. The Morgan fingerprint density at radius 2 is 1.70 bits per heavy atom. The number of hydrogen-bond acceptors (Lipinski definition) is 9. The molecule has 12 heteroatoms. The van der Waals surface area contributed by atoms with Crippen LogP contribution in [0.3, 0.4) is 0 Å². The third-order valence-electron chi connectivity index (χ3n) is 15.3. The number of piperidine rings is 3. The molecule has 7 aliphatic rings. The van der Waals surface area contributed by atoms with Crippen molar-refractivity contribution in [3.05, 3.63) is 88.4 Å². The number of benzene rings is 2. The molecular weight excluding hydrogens is 770 g/mol. The molecule has 3 saturated heterocycles. The van der Waals surface area contributed by atoms with Crippen molar-refractivity contribution in [3.8, 4) is 5.88 Å². The fourth-order valence-corrected chi connectivity index (χ4v) is 11.7. The molecule has 1 unspecified atom stereocenters. The predicted octanol–water partition coefficient (Wildman–Crippen LogP) is 7.06. The van der Waals surface area contributed by atoms with E-state index in [-0.39, 0.29) is 42.3 Å². The molecule has 2 aliphatic carbocycles. The van der Waals surface area contributed by atoms with Crippen LogP contribution >= 0.6 is 0 Å². The highest BCUT2D eigenvalue weighted by Crippen LogP contribution is 2.49. The summed E-state index contributed by atoms with van der Waals surface area (Å²) < 4.78 is 21.5. The highest BCUT2D eigenvalue weighted by atomic mass is 19.1. The quantitative estimate of drug-likeness (QED) is 0.215. The number of carbonyl (C=O) groups excluding carboxylic acids is 3. The van der Waals surface area contributed by atoms with Gasteiger partial charge in [-0.05, 0) is 162 Å². The highest BCUT2D eigenvalue weighted by Gasteiger charge is 2.43. The van der Waals surface area contributed by atoms with Crippen LogP contribution in [0.4, 0.5) is 10.1 Å². The largest absolute Gasteiger partial charge is 0.473 e. The molecule has 5 aliphatic heterocycles. The second-order valence-corrected chi connectivity index (χ2v) is 19.9. The second-order valence-electron chi connectivity index (χ2n) is 19.9. The Labute approximate surface area is 359 Å². The van der Waals surface area contributed by atoms with E-state index in [4.69, 9.17) is 14.7 Å². The van der Waals surface area contributed by atoms with Gasteiger partial charge in [-0.15, -0.1) is 0 Å². The summed E-state index contributed by atoms with van der Waals surface area (Å²) in [5.74, 6) is 0.496. The summed E-state index contributed by atoms with van der Waals surface area (Å²) in [5.41, 5.74) is 8.15. The number of anilines is 1. The van der Waals surface area contributed by atoms with E-state index >= 15 is 4.39 Å². The Morgan fingerprint density at radius 1 is 0.934 bits per heavy atom. The van der Waals surface area contributed by atoms with Crippen LogP contribution < -0.4 is 15.0 Å². The normalized spacial score (nSPS) is 27.8. The minimum Gasteiger partial charge on any atom is -0.473 e. The average molecular weight is 830 g/mol. The molecule has 0 bridgehead atoms. The Morgan fingerprint density at radius 3 is 2.44 bits per heavy atom. The maximum atomic E-state index is 15.2. The molecule has 1 N–H and O–H groups in total. The summed E-state index contributed by atoms with van der Waals surface area (Å²) in [6.07, 6.45) is 14.4. The molecule has 3 aromatic rings. The maximum absolute atomic E-state index is 15.2. The first-order valence-corrected chi connectivity index (χ1v) is 22.9. The predicted molar refractivity (Wildman–Crippen MR) is 232 cm³/mol. The number of likely N-dealkylation sites (tertiary alicyclic amines) is 1. The van der Waals surface area contributed by atoms with Crippen LogP contribution in [0.1, 0.15) is 124 Å². The fourth-order valence-electron chi connectivity index (χ4n) is 11.7. The standard InChI is InChI=1S/C49H60FN7O4/c1-31-22-39-37-7-5-4-6-33(37)26-40(39)45(57(31)30-48(2,3)50)41-27-52-44(28-51-41)61-36-23-32(24-36)12-17-54-18-13-49(14-19-54)15-20-55(21-16-49)35-8-9-38-34(25-35)29-56(47(38)60)42-10-11-43(58)53-46(42)59/h4-9,25,27-28,31-32,36,42,45H,10-24,26,29-30H2,1-3H3,(H,53,58,59)/t31-,32?,36?,42?,45+/m1/s1. The van der Waals surface area contributed by atoms with E-state index in [2.05, 4.69) is 63.3 Å². The van der Waals surface area contributed by atoms with Gasteiger partial charge in [0.05, 0.1) is 24.1 Å². The Bertz CT molecular complexity index is 2210. The lowest BCUT2D eigenvalue weighted by Crippen LogP contribution is -2.52. The van der Waals surface area contributed by atoms with Crippen LogP contribution in [0.25, 0.3) is 5.57 Å². The van der Waals surface area contributed by atoms with E-state index in [0.717, 1.165) is 75.4 Å². The number of ether oxygens (including phenoxy) is 1. The fraction of sp³-hybridized carbons (Fsp3) is 0.571. The zero-order valence-electron chi connectivity index (χ0n) is 36.0. The third kappa shape index (κ3) is 7.99. The number of carbonyl (C=O) groups is 3. The van der Waals surface area contributed by atoms with Gasteiger partial charge in [0.1, 0.15) is 17.8 Å². The summed E-state index contributed by atoms with van der Waals surface area (Å²) in [5, 5.41) is 2.39. The molecule has 2 aromatic carbocycles. The van der Waals surface area contributed by atoms with Crippen LogP contribution in [0, 0.1) is 11.3 Å². The van der Waals surface area contributed by atoms with Crippen molar-refractivity contribution in [3.63, 3.8) is 0 Å². The Balaban J connectivity index is 0.670. The van der Waals surface area contributed by atoms with E-state index in [0.29, 0.717) is 42.3 Å². The molecule has 1 saturated carbocycles. The summed E-state index contributed by atoms with van der Waals surface area (Å²) >= 11 is 0. The van der Waals surface area contributed by atoms with Gasteiger partial charge in [0.25, 0.3) is 5.91 Å². The SMILES string of the molecule is C[C@@H]1CC2=C(Cc3ccccc32)[C@@H](c2cnc(OC3CC(CCN4CCC5(CC4)CCN(c4ccc6c(c4)CN(C4CCC(=O)NC4=O)C6=O)CC5)C3)cn2)N1CC(C)(C)F. The molecule has 3 amide bonds. The van der Waals surface area contributed by atoms with Crippen molar-refractivity contribution < 1.29 is 23.5 Å². The molecule has 6 heterocycles. The van der Waals surface area contributed by atoms with Gasteiger partial charge >= 0.3 is 0 Å². The third-order valence-corrected chi connectivity index (χ3v) is 15.3. The number of hydrogen-bond donors (Lipinski definition) is 1. The number of imide groups is 1. The van der Waals surface area contributed by atoms with Crippen molar-refractivity contribution >= 4 is 29.0 Å². The first kappa shape index (κ1) is 40.4. The van der Waals surface area contributed by atoms with Gasteiger partial charge in [-0.1, -0.05) is 24.3 Å². The van der Waals surface area contributed by atoms with Crippen LogP contribution in [0.2, 0.25) is 0 Å². The molecule has 1 aromatic heterocycles. The van der Waals surface area contributed by atoms with Crippen LogP contribution in [0.15, 0.2) is 60.4 Å². The van der Waals surface area contributed by atoms with E-state index in [1.807, 2.05) is 12.3 Å². The van der Waals surface area contributed by atoms with Crippen molar-refractivity contribution in [1.29, 1.82) is 0 Å². The zero-order chi connectivity index (χ0) is 42.0. The molecule has 61 heavy (non-hydrogen) atoms. The maximum Gasteiger partial charge on any atom is 0.255 e. The van der Waals surface area contributed by atoms with Crippen molar-refractivity contribution in [2.75, 3.05) is 44.2 Å². The molecule has 4 fully saturated rings. The number of alkyl halides is 1. The molecular formula is C49H60FN7O4. The van der Waals surface area contributed by atoms with E-state index in [9.17, 15) is 14.4 Å². The number of amides is 3. The van der Waals surface area contributed by atoms with Crippen molar-refractivity contribution in [2.24, 2.45) is 11.3 Å². The molecule has 1 spiro atoms. The van der Waals surface area contributed by atoms with E-state index in [1.165, 1.54) is 54.4 Å². The Hall–Kier alpha value is -4.68. The molecule has 0 radical (unpaired) electrons. The van der Waals surface area contributed by atoms with E-state index < -0.39 is 11.7 Å². The first-order chi connectivity index (χ1) is 29.4. The van der Waals surface area contributed by atoms with Gasteiger partial charge in [0, 0.05) is 49.9 Å². The molecule has 11 nitrogen and oxygen atoms in total. The topological polar surface area (TPSA) is 111 Å². The van der Waals surface area contributed by atoms with Gasteiger partial charge in [-0.25, -0.2) is 9.37 Å². The van der Waals surface area contributed by atoms with Crippen LogP contribution in [0.5, 0.6) is 5.88 Å². The van der Waals surface area contributed by atoms with Gasteiger partial charge in [-0.3, -0.25) is 29.6 Å². The number of rotatable bonds is 10. The minimum atomic E-state index is -1.33. The summed E-state index contributed by atoms with van der Waals surface area (Å²) in [6, 6.07) is 14.3. The van der Waals surface area contributed by atoms with Crippen LogP contribution in [-0.4, -0.2) is 106 Å². The lowest BCUT2D eigenvalue weighted by molar-refractivity contribution is -0.136. The van der Waals surface area contributed by atoms with Gasteiger partial charge in [-0.2, -0.15) is 0 Å². The number of nitrogens with zero attached hydrogens (tertiary/aromatic N) is 6. The summed E-state index contributed by atoms with van der Waals surface area (Å²) in [6.45, 7) is 11.8. The first-order valence-electron chi connectivity index (χ1n) is 22.9. The van der Waals surface area contributed by atoms with E-state index in [1.54, 1.807) is 24.9 Å². The average Bonchev–Trinajstić information content (AvgIpc) is 3.76. The summed E-state index contributed by atoms with van der Waals surface area (Å²) in [4.78, 5) is 56.1. The summed E-state index contributed by atoms with van der Waals surface area (Å²) in [7, 11) is 0. The molecule has 10 rings (SSSR count). The number of halogens is 1. The molecule has 3 atom stereocenters. The monoisotopic (exact) mass is 829 g/mol. The van der Waals surface area contributed by atoms with Gasteiger partial charge < -0.3 is 19.4 Å². The van der Waals surface area contributed by atoms with Crippen molar-refractivity contribution in [1.82, 2.24) is 30.0 Å². The highest BCUT2D eigenvalue weighted by molar-refractivity contribution is 6.05. The van der Waals surface area contributed by atoms with Crippen LogP contribution in [-0.2, 0) is 22.6 Å². The van der Waals surface area contributed by atoms with Gasteiger partial charge in [0.2, 0.25) is 17.7 Å². The zero-order valence-corrected chi connectivity index (χ0v) is 36.0. The van der Waals surface area contributed by atoms with Crippen molar-refractivity contribution in [2.45, 2.75) is 128 Å². The lowest BCUT2D eigenvalue weighted by atomic mass is 9.71. The Kier molecular flexibility index (Phi) is 10.5. The number of fused-ring (bicyclic) bond motifs is 3. The number of nitrogens with one attached hydrogen (secondary N) is 1. The smallest absolute Gasteiger partial charge is 0.255 e. The minimum absolute atomic E-state index is 0.110.